The number of hydrogen-bond donors (Lipinski definition) is 0. The van der Waals surface area contributed by atoms with Gasteiger partial charge in [-0.2, -0.15) is 0 Å². The second-order valence-electron chi connectivity index (χ2n) is 9.07. The number of halogens is 2. The van der Waals surface area contributed by atoms with Crippen LogP contribution in [0.2, 0.25) is 0 Å². The van der Waals surface area contributed by atoms with Gasteiger partial charge in [0.2, 0.25) is 0 Å². The molecule has 0 radical (unpaired) electrons. The summed E-state index contributed by atoms with van der Waals surface area (Å²) < 4.78 is 25.9. The Morgan fingerprint density at radius 3 is 2.69 bits per heavy atom. The van der Waals surface area contributed by atoms with Crippen molar-refractivity contribution in [2.24, 2.45) is 0 Å². The number of aromatic nitrogens is 1. The minimum atomic E-state index is -0.300. The number of Topliss-reactive ketones (excluding diaryl/α,β-unsaturated/α-hetero) is 1. The molecule has 2 fully saturated rings. The standard InChI is InChI=1S/C25H26BrFN2O3/c1-14(13-31-23-8-3-16(15(2)30)11-22(23)26)29-19-5-6-20(29)10-17(9-19)25-21-7-4-18(27)12-24(21)32-28-25/h3-4,7-8,11-12,14,17,19-20H,5-6,9-10,13H2,1-2H3. The van der Waals surface area contributed by atoms with Crippen molar-refractivity contribution >= 4 is 32.7 Å². The Balaban J connectivity index is 1.26. The van der Waals surface area contributed by atoms with E-state index in [1.54, 1.807) is 19.1 Å². The van der Waals surface area contributed by atoms with Crippen molar-refractivity contribution in [3.8, 4) is 5.75 Å². The van der Waals surface area contributed by atoms with Gasteiger partial charge in [-0.05, 0) is 85.8 Å². The molecular weight excluding hydrogens is 475 g/mol. The van der Waals surface area contributed by atoms with Crippen molar-refractivity contribution in [3.63, 3.8) is 0 Å². The van der Waals surface area contributed by atoms with E-state index in [0.29, 0.717) is 35.8 Å². The first kappa shape index (κ1) is 21.6. The number of benzene rings is 2. The third-order valence-corrected chi connectivity index (χ3v) is 7.59. The molecule has 2 aromatic carbocycles. The van der Waals surface area contributed by atoms with Crippen molar-refractivity contribution in [1.29, 1.82) is 0 Å². The molecule has 2 saturated heterocycles. The Morgan fingerprint density at radius 2 is 2.00 bits per heavy atom. The van der Waals surface area contributed by atoms with Gasteiger partial charge in [-0.1, -0.05) is 5.16 Å². The summed E-state index contributed by atoms with van der Waals surface area (Å²) in [6.45, 7) is 4.36. The Labute approximate surface area is 195 Å². The van der Waals surface area contributed by atoms with Gasteiger partial charge in [-0.3, -0.25) is 9.69 Å². The van der Waals surface area contributed by atoms with E-state index in [0.717, 1.165) is 34.1 Å². The number of carbonyl (C=O) groups is 1. The maximum atomic E-state index is 13.5. The summed E-state index contributed by atoms with van der Waals surface area (Å²) in [5.41, 5.74) is 2.16. The molecule has 3 unspecified atom stereocenters. The fourth-order valence-electron chi connectivity index (χ4n) is 5.51. The van der Waals surface area contributed by atoms with E-state index in [-0.39, 0.29) is 17.6 Å². The number of nitrogens with zero attached hydrogens (tertiary/aromatic N) is 2. The van der Waals surface area contributed by atoms with Gasteiger partial charge in [0.15, 0.2) is 11.4 Å². The zero-order valence-corrected chi connectivity index (χ0v) is 19.8. The summed E-state index contributed by atoms with van der Waals surface area (Å²) in [5.74, 6) is 0.823. The highest BCUT2D eigenvalue weighted by Crippen LogP contribution is 2.45. The zero-order valence-electron chi connectivity index (χ0n) is 18.2. The Morgan fingerprint density at radius 1 is 1.25 bits per heavy atom. The van der Waals surface area contributed by atoms with E-state index in [9.17, 15) is 9.18 Å². The molecule has 168 valence electrons. The smallest absolute Gasteiger partial charge is 0.170 e. The minimum absolute atomic E-state index is 0.0371. The van der Waals surface area contributed by atoms with E-state index in [2.05, 4.69) is 32.9 Å². The van der Waals surface area contributed by atoms with Crippen LogP contribution in [-0.2, 0) is 0 Å². The van der Waals surface area contributed by atoms with Gasteiger partial charge in [-0.25, -0.2) is 4.39 Å². The molecule has 0 N–H and O–H groups in total. The van der Waals surface area contributed by atoms with E-state index < -0.39 is 0 Å². The molecule has 1 aromatic heterocycles. The monoisotopic (exact) mass is 500 g/mol. The van der Waals surface area contributed by atoms with Crippen LogP contribution < -0.4 is 4.74 Å². The first-order valence-electron chi connectivity index (χ1n) is 11.2. The number of fused-ring (bicyclic) bond motifs is 3. The van der Waals surface area contributed by atoms with Crippen LogP contribution in [0, 0.1) is 5.82 Å². The van der Waals surface area contributed by atoms with Crippen LogP contribution in [0.3, 0.4) is 0 Å². The van der Waals surface area contributed by atoms with Crippen molar-refractivity contribution in [3.05, 3.63) is 57.9 Å². The van der Waals surface area contributed by atoms with Crippen molar-refractivity contribution in [2.75, 3.05) is 6.61 Å². The number of rotatable bonds is 6. The first-order chi connectivity index (χ1) is 15.4. The largest absolute Gasteiger partial charge is 0.491 e. The van der Waals surface area contributed by atoms with Crippen LogP contribution in [0.15, 0.2) is 45.4 Å². The Hall–Kier alpha value is -2.25. The lowest BCUT2D eigenvalue weighted by molar-refractivity contribution is 0.0571. The van der Waals surface area contributed by atoms with Crippen molar-refractivity contribution in [2.45, 2.75) is 63.6 Å². The molecule has 3 atom stereocenters. The third kappa shape index (κ3) is 3.97. The zero-order chi connectivity index (χ0) is 22.4. The van der Waals surface area contributed by atoms with Crippen LogP contribution in [0.25, 0.3) is 11.0 Å². The highest BCUT2D eigenvalue weighted by Gasteiger charge is 2.44. The Bertz CT molecular complexity index is 1150. The quantitative estimate of drug-likeness (QED) is 0.382. The maximum Gasteiger partial charge on any atom is 0.170 e. The van der Waals surface area contributed by atoms with Crippen LogP contribution in [0.1, 0.15) is 61.5 Å². The summed E-state index contributed by atoms with van der Waals surface area (Å²) in [6, 6.07) is 11.4. The lowest BCUT2D eigenvalue weighted by Crippen LogP contribution is -2.49. The number of carbonyl (C=O) groups excluding carboxylic acids is 1. The van der Waals surface area contributed by atoms with Gasteiger partial charge in [0, 0.05) is 41.1 Å². The van der Waals surface area contributed by atoms with E-state index in [1.807, 2.05) is 12.1 Å². The highest BCUT2D eigenvalue weighted by molar-refractivity contribution is 9.10. The molecule has 3 aromatic rings. The third-order valence-electron chi connectivity index (χ3n) is 6.97. The molecule has 0 spiro atoms. The second kappa shape index (κ2) is 8.60. The normalized spacial score (nSPS) is 24.1. The van der Waals surface area contributed by atoms with Gasteiger partial charge in [0.1, 0.15) is 18.2 Å². The maximum absolute atomic E-state index is 13.5. The van der Waals surface area contributed by atoms with Gasteiger partial charge < -0.3 is 9.26 Å². The second-order valence-corrected chi connectivity index (χ2v) is 9.92. The number of hydrogen-bond acceptors (Lipinski definition) is 5. The van der Waals surface area contributed by atoms with Crippen LogP contribution in [0.4, 0.5) is 4.39 Å². The first-order valence-corrected chi connectivity index (χ1v) is 12.0. The van der Waals surface area contributed by atoms with Gasteiger partial charge in [0.05, 0.1) is 10.2 Å². The molecule has 2 bridgehead atoms. The minimum Gasteiger partial charge on any atom is -0.491 e. The summed E-state index contributed by atoms with van der Waals surface area (Å²) in [7, 11) is 0. The fraction of sp³-hybridized carbons (Fsp3) is 0.440. The SMILES string of the molecule is CC(=O)c1ccc(OCC(C)N2C3CCC2CC(c2noc4cc(F)ccc24)C3)c(Br)c1. The van der Waals surface area contributed by atoms with Crippen LogP contribution >= 0.6 is 15.9 Å². The van der Waals surface area contributed by atoms with E-state index in [4.69, 9.17) is 9.26 Å². The number of ketones is 1. The summed E-state index contributed by atoms with van der Waals surface area (Å²) >= 11 is 3.52. The van der Waals surface area contributed by atoms with Crippen molar-refractivity contribution < 1.29 is 18.4 Å². The molecule has 0 amide bonds. The molecule has 0 aliphatic carbocycles. The molecule has 7 heteroatoms. The summed E-state index contributed by atoms with van der Waals surface area (Å²) in [6.07, 6.45) is 4.40. The molecule has 5 nitrogen and oxygen atoms in total. The lowest BCUT2D eigenvalue weighted by Gasteiger charge is -2.42. The molecule has 32 heavy (non-hydrogen) atoms. The van der Waals surface area contributed by atoms with Crippen LogP contribution in [0.5, 0.6) is 5.75 Å². The fourth-order valence-corrected chi connectivity index (χ4v) is 6.01. The molecule has 2 aliphatic rings. The lowest BCUT2D eigenvalue weighted by atomic mass is 9.86. The Kier molecular flexibility index (Phi) is 5.80. The molecule has 5 rings (SSSR count). The summed E-state index contributed by atoms with van der Waals surface area (Å²) in [4.78, 5) is 14.2. The topological polar surface area (TPSA) is 55.6 Å². The molecule has 3 heterocycles. The average molecular weight is 501 g/mol. The average Bonchev–Trinajstić information content (AvgIpc) is 3.30. The number of piperidine rings is 1. The van der Waals surface area contributed by atoms with Crippen molar-refractivity contribution in [1.82, 2.24) is 10.1 Å². The van der Waals surface area contributed by atoms with E-state index in [1.165, 1.54) is 25.0 Å². The predicted octanol–water partition coefficient (Wildman–Crippen LogP) is 6.11. The van der Waals surface area contributed by atoms with Gasteiger partial charge in [-0.15, -0.1) is 0 Å². The number of ether oxygens (including phenoxy) is 1. The van der Waals surface area contributed by atoms with E-state index >= 15 is 0 Å². The highest BCUT2D eigenvalue weighted by atomic mass is 79.9. The predicted molar refractivity (Wildman–Crippen MR) is 124 cm³/mol. The van der Waals surface area contributed by atoms with Gasteiger partial charge >= 0.3 is 0 Å². The van der Waals surface area contributed by atoms with Gasteiger partial charge in [0.25, 0.3) is 0 Å². The van der Waals surface area contributed by atoms with Crippen LogP contribution in [-0.4, -0.2) is 40.6 Å². The summed E-state index contributed by atoms with van der Waals surface area (Å²) in [5, 5.41) is 5.25. The molecular formula is C25H26BrFN2O3. The molecule has 2 aliphatic heterocycles. The molecule has 0 saturated carbocycles.